The molecule has 1 fully saturated rings. The molecule has 0 saturated heterocycles. The zero-order valence-electron chi connectivity index (χ0n) is 9.65. The molecule has 2 rings (SSSR count). The first kappa shape index (κ1) is 11.8. The van der Waals surface area contributed by atoms with Gasteiger partial charge >= 0.3 is 0 Å². The van der Waals surface area contributed by atoms with Crippen molar-refractivity contribution in [2.75, 3.05) is 0 Å². The van der Waals surface area contributed by atoms with E-state index in [2.05, 4.69) is 17.1 Å². The number of aliphatic hydroxyl groups is 1. The van der Waals surface area contributed by atoms with Crippen LogP contribution in [0.15, 0.2) is 0 Å². The fourth-order valence-electron chi connectivity index (χ4n) is 2.65. The number of hydrogen-bond donors (Lipinski definition) is 2. The zero-order chi connectivity index (χ0) is 11.5. The van der Waals surface area contributed by atoms with Gasteiger partial charge in [-0.05, 0) is 31.0 Å². The van der Waals surface area contributed by atoms with Crippen molar-refractivity contribution in [3.63, 3.8) is 0 Å². The average molecular weight is 241 g/mol. The Hall–Kier alpha value is -0.680. The van der Waals surface area contributed by atoms with E-state index in [9.17, 15) is 5.11 Å². The third kappa shape index (κ3) is 2.20. The maximum Gasteiger partial charge on any atom is 0.195 e. The number of aliphatic hydroxyl groups excluding tert-OH is 1. The van der Waals surface area contributed by atoms with Crippen LogP contribution in [0.5, 0.6) is 0 Å². The molecular weight excluding hydrogens is 222 g/mol. The summed E-state index contributed by atoms with van der Waals surface area (Å²) < 4.78 is 2.66. The molecule has 1 heterocycles. The summed E-state index contributed by atoms with van der Waals surface area (Å²) in [5.74, 6) is 1.28. The van der Waals surface area contributed by atoms with Crippen LogP contribution in [0, 0.1) is 10.7 Å². The monoisotopic (exact) mass is 241 g/mol. The van der Waals surface area contributed by atoms with Crippen molar-refractivity contribution in [1.82, 2.24) is 14.8 Å². The molecule has 0 amide bonds. The van der Waals surface area contributed by atoms with Gasteiger partial charge in [0.05, 0.1) is 0 Å². The third-order valence-electron chi connectivity index (χ3n) is 3.57. The van der Waals surface area contributed by atoms with E-state index in [1.54, 1.807) is 0 Å². The third-order valence-corrected chi connectivity index (χ3v) is 3.85. The first-order chi connectivity index (χ1) is 7.74. The van der Waals surface area contributed by atoms with Crippen LogP contribution in [-0.2, 0) is 6.61 Å². The van der Waals surface area contributed by atoms with Crippen molar-refractivity contribution in [3.05, 3.63) is 10.6 Å². The molecule has 1 aliphatic carbocycles. The number of nitrogens with zero attached hydrogens (tertiary/aromatic N) is 2. The Morgan fingerprint density at radius 1 is 1.44 bits per heavy atom. The average Bonchev–Trinajstić information content (AvgIpc) is 2.51. The van der Waals surface area contributed by atoms with Gasteiger partial charge in [0.2, 0.25) is 0 Å². The summed E-state index contributed by atoms with van der Waals surface area (Å²) in [7, 11) is 0. The quantitative estimate of drug-likeness (QED) is 0.618. The van der Waals surface area contributed by atoms with Gasteiger partial charge in [0, 0.05) is 6.04 Å². The summed E-state index contributed by atoms with van der Waals surface area (Å²) in [6.45, 7) is 2.22. The molecule has 0 radical (unpaired) electrons. The lowest BCUT2D eigenvalue weighted by atomic mass is 9.97. The van der Waals surface area contributed by atoms with Crippen LogP contribution in [0.3, 0.4) is 0 Å². The lowest BCUT2D eigenvalue weighted by molar-refractivity contribution is 0.245. The van der Waals surface area contributed by atoms with Gasteiger partial charge in [0.25, 0.3) is 0 Å². The molecule has 0 aromatic carbocycles. The molecule has 2 atom stereocenters. The molecule has 1 aromatic heterocycles. The second kappa shape index (κ2) is 5.10. The van der Waals surface area contributed by atoms with Crippen LogP contribution in [0.4, 0.5) is 0 Å². The van der Waals surface area contributed by atoms with Crippen molar-refractivity contribution >= 4 is 12.2 Å². The van der Waals surface area contributed by atoms with Gasteiger partial charge in [0.1, 0.15) is 6.61 Å². The Bertz CT molecular complexity index is 398. The standard InChI is InChI=1S/C11H19N3OS/c1-8-5-3-2-4-6-9(8)14-10(7-15)12-13-11(14)16/h8-9,15H,2-7H2,1H3,(H,13,16). The first-order valence-corrected chi connectivity index (χ1v) is 6.41. The molecule has 1 saturated carbocycles. The summed E-state index contributed by atoms with van der Waals surface area (Å²) >= 11 is 5.25. The van der Waals surface area contributed by atoms with E-state index in [1.165, 1.54) is 25.7 Å². The highest BCUT2D eigenvalue weighted by atomic mass is 32.1. The van der Waals surface area contributed by atoms with E-state index < -0.39 is 0 Å². The highest BCUT2D eigenvalue weighted by Crippen LogP contribution is 2.33. The Labute approximate surface area is 101 Å². The highest BCUT2D eigenvalue weighted by Gasteiger charge is 2.24. The molecule has 0 aliphatic heterocycles. The Kier molecular flexibility index (Phi) is 3.76. The highest BCUT2D eigenvalue weighted by molar-refractivity contribution is 7.71. The van der Waals surface area contributed by atoms with E-state index >= 15 is 0 Å². The zero-order valence-corrected chi connectivity index (χ0v) is 10.5. The van der Waals surface area contributed by atoms with Crippen molar-refractivity contribution in [3.8, 4) is 0 Å². The van der Waals surface area contributed by atoms with E-state index in [-0.39, 0.29) is 6.61 Å². The predicted octanol–water partition coefficient (Wildman–Crippen LogP) is 2.57. The number of H-pyrrole nitrogens is 1. The maximum absolute atomic E-state index is 9.27. The molecule has 1 aliphatic rings. The summed E-state index contributed by atoms with van der Waals surface area (Å²) in [4.78, 5) is 0. The number of hydrogen-bond acceptors (Lipinski definition) is 3. The molecule has 16 heavy (non-hydrogen) atoms. The molecule has 0 bridgehead atoms. The van der Waals surface area contributed by atoms with Crippen molar-refractivity contribution in [2.45, 2.75) is 51.7 Å². The van der Waals surface area contributed by atoms with Crippen LogP contribution >= 0.6 is 12.2 Å². The molecule has 2 N–H and O–H groups in total. The smallest absolute Gasteiger partial charge is 0.195 e. The Balaban J connectivity index is 2.33. The summed E-state index contributed by atoms with van der Waals surface area (Å²) in [6, 6.07) is 0.399. The van der Waals surface area contributed by atoms with Gasteiger partial charge in [-0.2, -0.15) is 5.10 Å². The molecule has 4 nitrogen and oxygen atoms in total. The molecule has 90 valence electrons. The van der Waals surface area contributed by atoms with E-state index in [0.29, 0.717) is 22.6 Å². The minimum atomic E-state index is -0.0453. The van der Waals surface area contributed by atoms with Crippen LogP contribution in [0.1, 0.15) is 50.9 Å². The Morgan fingerprint density at radius 2 is 2.19 bits per heavy atom. The van der Waals surface area contributed by atoms with Crippen LogP contribution < -0.4 is 0 Å². The van der Waals surface area contributed by atoms with Gasteiger partial charge in [-0.25, -0.2) is 0 Å². The molecule has 5 heteroatoms. The van der Waals surface area contributed by atoms with Gasteiger partial charge in [-0.15, -0.1) is 0 Å². The SMILES string of the molecule is CC1CCCCCC1n1c(CO)n[nH]c1=S. The fourth-order valence-corrected chi connectivity index (χ4v) is 2.93. The summed E-state index contributed by atoms with van der Waals surface area (Å²) in [5, 5.41) is 16.1. The van der Waals surface area contributed by atoms with Gasteiger partial charge in [-0.1, -0.05) is 26.2 Å². The lowest BCUT2D eigenvalue weighted by Crippen LogP contribution is -2.18. The predicted molar refractivity (Wildman–Crippen MR) is 64.6 cm³/mol. The maximum atomic E-state index is 9.27. The number of rotatable bonds is 2. The minimum absolute atomic E-state index is 0.0453. The molecule has 0 spiro atoms. The number of aromatic amines is 1. The van der Waals surface area contributed by atoms with Crippen LogP contribution in [0.2, 0.25) is 0 Å². The number of nitrogens with one attached hydrogen (secondary N) is 1. The summed E-state index contributed by atoms with van der Waals surface area (Å²) in [6.07, 6.45) is 6.23. The van der Waals surface area contributed by atoms with E-state index in [4.69, 9.17) is 12.2 Å². The van der Waals surface area contributed by atoms with Crippen molar-refractivity contribution in [1.29, 1.82) is 0 Å². The van der Waals surface area contributed by atoms with Crippen molar-refractivity contribution < 1.29 is 5.11 Å². The van der Waals surface area contributed by atoms with Gasteiger partial charge in [-0.3, -0.25) is 9.67 Å². The van der Waals surface area contributed by atoms with E-state index in [0.717, 1.165) is 6.42 Å². The molecule has 1 aromatic rings. The fraction of sp³-hybridized carbons (Fsp3) is 0.818. The van der Waals surface area contributed by atoms with Crippen LogP contribution in [-0.4, -0.2) is 19.9 Å². The largest absolute Gasteiger partial charge is 0.388 e. The minimum Gasteiger partial charge on any atom is -0.388 e. The van der Waals surface area contributed by atoms with Crippen LogP contribution in [0.25, 0.3) is 0 Å². The molecule has 2 unspecified atom stereocenters. The second-order valence-corrected chi connectivity index (χ2v) is 5.04. The lowest BCUT2D eigenvalue weighted by Gasteiger charge is -2.23. The first-order valence-electron chi connectivity index (χ1n) is 6.00. The van der Waals surface area contributed by atoms with Gasteiger partial charge < -0.3 is 5.11 Å². The normalized spacial score (nSPS) is 26.6. The van der Waals surface area contributed by atoms with Crippen molar-refractivity contribution in [2.24, 2.45) is 5.92 Å². The second-order valence-electron chi connectivity index (χ2n) is 4.66. The summed E-state index contributed by atoms with van der Waals surface area (Å²) in [5.41, 5.74) is 0. The Morgan fingerprint density at radius 3 is 2.94 bits per heavy atom. The molecular formula is C11H19N3OS. The van der Waals surface area contributed by atoms with E-state index in [1.807, 2.05) is 4.57 Å². The number of aromatic nitrogens is 3. The topological polar surface area (TPSA) is 53.8 Å². The van der Waals surface area contributed by atoms with Gasteiger partial charge in [0.15, 0.2) is 10.6 Å².